The van der Waals surface area contributed by atoms with Gasteiger partial charge >= 0.3 is 6.18 Å². The van der Waals surface area contributed by atoms with Crippen LogP contribution in [0.15, 0.2) is 77.5 Å². The Morgan fingerprint density at radius 2 is 1.92 bits per heavy atom. The zero-order valence-electron chi connectivity index (χ0n) is 18.4. The van der Waals surface area contributed by atoms with Crippen molar-refractivity contribution in [2.45, 2.75) is 12.8 Å². The quantitative estimate of drug-likeness (QED) is 0.235. The van der Waals surface area contributed by atoms with Gasteiger partial charge in [-0.3, -0.25) is 9.78 Å². The molecular weight excluding hydrogens is 541 g/mol. The van der Waals surface area contributed by atoms with Crippen LogP contribution in [0.25, 0.3) is 17.6 Å². The molecule has 36 heavy (non-hydrogen) atoms. The van der Waals surface area contributed by atoms with Crippen molar-refractivity contribution in [3.05, 3.63) is 94.4 Å². The molecule has 11 heteroatoms. The number of ether oxygens (including phenoxy) is 1. The molecule has 4 rings (SSSR count). The Morgan fingerprint density at radius 1 is 1.11 bits per heavy atom. The zero-order chi connectivity index (χ0) is 25.7. The van der Waals surface area contributed by atoms with Crippen LogP contribution in [0.1, 0.15) is 16.8 Å². The summed E-state index contributed by atoms with van der Waals surface area (Å²) >= 11 is 2.87. The highest BCUT2D eigenvalue weighted by Crippen LogP contribution is 2.36. The number of benzene rings is 2. The van der Waals surface area contributed by atoms with Gasteiger partial charge in [-0.25, -0.2) is 4.98 Å². The molecule has 2 aromatic carbocycles. The van der Waals surface area contributed by atoms with E-state index < -0.39 is 17.6 Å². The zero-order valence-corrected chi connectivity index (χ0v) is 20.0. The number of alkyl halides is 3. The molecule has 4 aromatic rings. The first-order valence-electron chi connectivity index (χ1n) is 10.5. The van der Waals surface area contributed by atoms with E-state index in [1.807, 2.05) is 0 Å². The van der Waals surface area contributed by atoms with Gasteiger partial charge in [0.1, 0.15) is 17.2 Å². The van der Waals surface area contributed by atoms with E-state index in [4.69, 9.17) is 4.74 Å². The highest BCUT2D eigenvalue weighted by molar-refractivity contribution is 9.10. The van der Waals surface area contributed by atoms with Crippen molar-refractivity contribution in [1.29, 1.82) is 0 Å². The lowest BCUT2D eigenvalue weighted by Crippen LogP contribution is -2.11. The largest absolute Gasteiger partial charge is 0.457 e. The lowest BCUT2D eigenvalue weighted by molar-refractivity contribution is -0.138. The lowest BCUT2D eigenvalue weighted by Gasteiger charge is -2.11. The van der Waals surface area contributed by atoms with Crippen molar-refractivity contribution in [1.82, 2.24) is 15.0 Å². The molecule has 0 unspecified atom stereocenters. The molecule has 2 aromatic heterocycles. The van der Waals surface area contributed by atoms with Crippen LogP contribution >= 0.6 is 15.9 Å². The first-order chi connectivity index (χ1) is 17.2. The number of hydrogen-bond donors (Lipinski definition) is 3. The lowest BCUT2D eigenvalue weighted by atomic mass is 10.2. The monoisotopic (exact) mass is 558 g/mol. The van der Waals surface area contributed by atoms with Gasteiger partial charge in [-0.1, -0.05) is 28.1 Å². The number of H-pyrrole nitrogens is 1. The summed E-state index contributed by atoms with van der Waals surface area (Å²) in [6.45, 7) is -0.167. The molecule has 0 spiro atoms. The third-order valence-electron chi connectivity index (χ3n) is 4.83. The van der Waals surface area contributed by atoms with Gasteiger partial charge in [0.15, 0.2) is 5.82 Å². The minimum absolute atomic E-state index is 0.0217. The van der Waals surface area contributed by atoms with Crippen LogP contribution < -0.4 is 10.1 Å². The number of amides is 1. The standard InChI is InChI=1S/C25H18BrF3N4O3/c26-21-6-5-16(11-20(21)25(27,28)29)32-23(35)7-4-15-2-1-3-18(10-15)36-19-8-9-30-22(12-19)24-31-13-17(14-34)33-24/h1-13,34H,14H2,(H,31,33)(H,32,35). The summed E-state index contributed by atoms with van der Waals surface area (Å²) in [5, 5.41) is 11.6. The normalized spacial score (nSPS) is 11.6. The molecule has 2 heterocycles. The number of anilines is 1. The fourth-order valence-electron chi connectivity index (χ4n) is 3.17. The van der Waals surface area contributed by atoms with Crippen molar-refractivity contribution in [2.75, 3.05) is 5.32 Å². The molecule has 0 aliphatic rings. The molecule has 0 bridgehead atoms. The van der Waals surface area contributed by atoms with Crippen LogP contribution in [-0.2, 0) is 17.6 Å². The number of carbonyl (C=O) groups excluding carboxylic acids is 1. The summed E-state index contributed by atoms with van der Waals surface area (Å²) in [6.07, 6.45) is 1.26. The van der Waals surface area contributed by atoms with E-state index in [0.717, 1.165) is 6.07 Å². The smallest absolute Gasteiger partial charge is 0.417 e. The van der Waals surface area contributed by atoms with Crippen molar-refractivity contribution in [3.8, 4) is 23.0 Å². The van der Waals surface area contributed by atoms with Gasteiger partial charge in [0.25, 0.3) is 0 Å². The Hall–Kier alpha value is -3.96. The summed E-state index contributed by atoms with van der Waals surface area (Å²) in [5.41, 5.74) is 0.870. The molecule has 3 N–H and O–H groups in total. The minimum atomic E-state index is -4.55. The number of pyridine rings is 1. The molecule has 0 aliphatic heterocycles. The number of nitrogens with one attached hydrogen (secondary N) is 2. The number of imidazole rings is 1. The van der Waals surface area contributed by atoms with E-state index in [2.05, 4.69) is 36.2 Å². The van der Waals surface area contributed by atoms with E-state index in [9.17, 15) is 23.1 Å². The van der Waals surface area contributed by atoms with Crippen LogP contribution in [0.3, 0.4) is 0 Å². The van der Waals surface area contributed by atoms with Crippen molar-refractivity contribution < 1.29 is 27.8 Å². The Morgan fingerprint density at radius 3 is 2.67 bits per heavy atom. The number of hydrogen-bond acceptors (Lipinski definition) is 5. The molecule has 7 nitrogen and oxygen atoms in total. The third kappa shape index (κ3) is 6.37. The second-order valence-electron chi connectivity index (χ2n) is 7.48. The number of rotatable bonds is 7. The van der Waals surface area contributed by atoms with Crippen LogP contribution in [-0.4, -0.2) is 26.0 Å². The predicted octanol–water partition coefficient (Wildman–Crippen LogP) is 6.19. The predicted molar refractivity (Wildman–Crippen MR) is 131 cm³/mol. The highest BCUT2D eigenvalue weighted by Gasteiger charge is 2.33. The maximum absolute atomic E-state index is 13.1. The van der Waals surface area contributed by atoms with Gasteiger partial charge in [0, 0.05) is 28.5 Å². The van der Waals surface area contributed by atoms with Gasteiger partial charge in [-0.2, -0.15) is 13.2 Å². The Balaban J connectivity index is 1.43. The van der Waals surface area contributed by atoms with Crippen LogP contribution in [0.4, 0.5) is 18.9 Å². The number of aliphatic hydroxyl groups is 1. The summed E-state index contributed by atoms with van der Waals surface area (Å²) < 4.78 is 45.0. The molecule has 0 fully saturated rings. The molecule has 0 saturated heterocycles. The van der Waals surface area contributed by atoms with E-state index in [1.165, 1.54) is 30.5 Å². The average Bonchev–Trinajstić information content (AvgIpc) is 3.33. The van der Waals surface area contributed by atoms with Gasteiger partial charge in [0.05, 0.1) is 24.1 Å². The molecule has 0 saturated carbocycles. The maximum atomic E-state index is 13.1. The van der Waals surface area contributed by atoms with Crippen molar-refractivity contribution in [2.24, 2.45) is 0 Å². The Bertz CT molecular complexity index is 1420. The summed E-state index contributed by atoms with van der Waals surface area (Å²) in [4.78, 5) is 23.6. The van der Waals surface area contributed by atoms with Crippen molar-refractivity contribution >= 4 is 33.6 Å². The Kier molecular flexibility index (Phi) is 7.51. The molecule has 1 amide bonds. The van der Waals surface area contributed by atoms with Crippen LogP contribution in [0, 0.1) is 0 Å². The number of halogens is 4. The number of aromatic amines is 1. The minimum Gasteiger partial charge on any atom is -0.457 e. The van der Waals surface area contributed by atoms with E-state index in [1.54, 1.807) is 42.6 Å². The molecule has 0 radical (unpaired) electrons. The van der Waals surface area contributed by atoms with Crippen LogP contribution in [0.5, 0.6) is 11.5 Å². The summed E-state index contributed by atoms with van der Waals surface area (Å²) in [5.74, 6) is 0.890. The van der Waals surface area contributed by atoms with Crippen molar-refractivity contribution in [3.63, 3.8) is 0 Å². The number of aliphatic hydroxyl groups excluding tert-OH is 1. The summed E-state index contributed by atoms with van der Waals surface area (Å²) in [6, 6.07) is 13.7. The second-order valence-corrected chi connectivity index (χ2v) is 8.34. The highest BCUT2D eigenvalue weighted by atomic mass is 79.9. The van der Waals surface area contributed by atoms with E-state index in [-0.39, 0.29) is 16.8 Å². The number of aromatic nitrogens is 3. The molecule has 184 valence electrons. The second kappa shape index (κ2) is 10.8. The number of nitrogens with zero attached hydrogens (tertiary/aromatic N) is 2. The average molecular weight is 559 g/mol. The summed E-state index contributed by atoms with van der Waals surface area (Å²) in [7, 11) is 0. The van der Waals surface area contributed by atoms with Gasteiger partial charge in [-0.15, -0.1) is 0 Å². The van der Waals surface area contributed by atoms with E-state index >= 15 is 0 Å². The fraction of sp³-hybridized carbons (Fsp3) is 0.0800. The molecule has 0 atom stereocenters. The third-order valence-corrected chi connectivity index (χ3v) is 5.52. The van der Waals surface area contributed by atoms with Gasteiger partial charge in [0.2, 0.25) is 5.91 Å². The SMILES string of the molecule is O=C(C=Cc1cccc(Oc2ccnc(-c3ncc(CO)[nH]3)c2)c1)Nc1ccc(Br)c(C(F)(F)F)c1. The molecule has 0 aliphatic carbocycles. The van der Waals surface area contributed by atoms with Crippen LogP contribution in [0.2, 0.25) is 0 Å². The fourth-order valence-corrected chi connectivity index (χ4v) is 3.64. The topological polar surface area (TPSA) is 100 Å². The van der Waals surface area contributed by atoms with E-state index in [0.29, 0.717) is 34.3 Å². The first kappa shape index (κ1) is 25.1. The van der Waals surface area contributed by atoms with Gasteiger partial charge in [-0.05, 0) is 48.0 Å². The Labute approximate surface area is 211 Å². The molecular formula is C25H18BrF3N4O3. The maximum Gasteiger partial charge on any atom is 0.417 e. The number of carbonyl (C=O) groups is 1. The first-order valence-corrected chi connectivity index (χ1v) is 11.3. The van der Waals surface area contributed by atoms with Gasteiger partial charge < -0.3 is 20.1 Å².